The number of pyridine rings is 1. The van der Waals surface area contributed by atoms with E-state index in [0.717, 1.165) is 23.6 Å². The standard InChI is InChI=1S/C15H24N4/c1-3-6-13-7-4-5-8-19(13)14-10-12(15(16)17)9-11(2)18-14/h9-10,13H,3-8H2,1-2H3,(H3,16,17). The van der Waals surface area contributed by atoms with Gasteiger partial charge in [-0.15, -0.1) is 0 Å². The van der Waals surface area contributed by atoms with Crippen molar-refractivity contribution in [1.29, 1.82) is 5.41 Å². The topological polar surface area (TPSA) is 66.0 Å². The van der Waals surface area contributed by atoms with Crippen LogP contribution in [0.1, 0.15) is 50.3 Å². The Labute approximate surface area is 115 Å². The van der Waals surface area contributed by atoms with Crippen molar-refractivity contribution in [1.82, 2.24) is 4.98 Å². The van der Waals surface area contributed by atoms with E-state index in [9.17, 15) is 0 Å². The van der Waals surface area contributed by atoms with Crippen LogP contribution in [0.5, 0.6) is 0 Å². The Kier molecular flexibility index (Phi) is 4.40. The molecule has 1 atom stereocenters. The molecule has 0 bridgehead atoms. The lowest BCUT2D eigenvalue weighted by molar-refractivity contribution is 0.431. The molecule has 0 aromatic carbocycles. The van der Waals surface area contributed by atoms with Gasteiger partial charge in [0.2, 0.25) is 0 Å². The Balaban J connectivity index is 2.30. The van der Waals surface area contributed by atoms with Gasteiger partial charge >= 0.3 is 0 Å². The van der Waals surface area contributed by atoms with Crippen LogP contribution in [0.15, 0.2) is 12.1 Å². The lowest BCUT2D eigenvalue weighted by atomic mass is 9.98. The van der Waals surface area contributed by atoms with Crippen LogP contribution < -0.4 is 10.6 Å². The molecule has 1 aromatic rings. The zero-order valence-corrected chi connectivity index (χ0v) is 11.9. The molecule has 0 radical (unpaired) electrons. The fourth-order valence-corrected chi connectivity index (χ4v) is 2.89. The molecule has 0 amide bonds. The van der Waals surface area contributed by atoms with Crippen LogP contribution in [0.2, 0.25) is 0 Å². The number of aryl methyl sites for hydroxylation is 1. The maximum absolute atomic E-state index is 7.61. The van der Waals surface area contributed by atoms with Gasteiger partial charge in [-0.3, -0.25) is 5.41 Å². The zero-order chi connectivity index (χ0) is 13.8. The second-order valence-corrected chi connectivity index (χ2v) is 5.40. The molecule has 0 spiro atoms. The monoisotopic (exact) mass is 260 g/mol. The van der Waals surface area contributed by atoms with Crippen LogP contribution >= 0.6 is 0 Å². The summed E-state index contributed by atoms with van der Waals surface area (Å²) in [6, 6.07) is 4.43. The second-order valence-electron chi connectivity index (χ2n) is 5.40. The van der Waals surface area contributed by atoms with Crippen molar-refractivity contribution in [2.24, 2.45) is 5.73 Å². The fourth-order valence-electron chi connectivity index (χ4n) is 2.89. The van der Waals surface area contributed by atoms with Gasteiger partial charge in [-0.25, -0.2) is 4.98 Å². The first-order valence-corrected chi connectivity index (χ1v) is 7.21. The van der Waals surface area contributed by atoms with E-state index in [1.165, 1.54) is 32.1 Å². The zero-order valence-electron chi connectivity index (χ0n) is 11.9. The Morgan fingerprint density at radius 3 is 2.95 bits per heavy atom. The SMILES string of the molecule is CCCC1CCCCN1c1cc(C(=N)N)cc(C)n1. The summed E-state index contributed by atoms with van der Waals surface area (Å²) in [5, 5.41) is 7.61. The number of piperidine rings is 1. The van der Waals surface area contributed by atoms with E-state index in [1.54, 1.807) is 0 Å². The molecule has 1 aliphatic rings. The number of nitrogens with two attached hydrogens (primary N) is 1. The number of rotatable bonds is 4. The summed E-state index contributed by atoms with van der Waals surface area (Å²) in [6.45, 7) is 5.27. The van der Waals surface area contributed by atoms with Crippen LogP contribution in [-0.2, 0) is 0 Å². The number of anilines is 1. The summed E-state index contributed by atoms with van der Waals surface area (Å²) in [4.78, 5) is 7.06. The number of nitrogens with zero attached hydrogens (tertiary/aromatic N) is 2. The number of nitrogens with one attached hydrogen (secondary N) is 1. The molecular formula is C15H24N4. The van der Waals surface area contributed by atoms with Gasteiger partial charge in [0.25, 0.3) is 0 Å². The highest BCUT2D eigenvalue weighted by molar-refractivity contribution is 5.95. The van der Waals surface area contributed by atoms with Gasteiger partial charge in [0.1, 0.15) is 11.7 Å². The van der Waals surface area contributed by atoms with Gasteiger partial charge in [-0.1, -0.05) is 13.3 Å². The van der Waals surface area contributed by atoms with Crippen molar-refractivity contribution in [2.45, 2.75) is 52.0 Å². The summed E-state index contributed by atoms with van der Waals surface area (Å²) in [7, 11) is 0. The largest absolute Gasteiger partial charge is 0.384 e. The first kappa shape index (κ1) is 13.8. The molecule has 4 nitrogen and oxygen atoms in total. The third-order valence-electron chi connectivity index (χ3n) is 3.79. The summed E-state index contributed by atoms with van der Waals surface area (Å²) in [6.07, 6.45) is 6.20. The average Bonchev–Trinajstić information content (AvgIpc) is 2.39. The molecule has 19 heavy (non-hydrogen) atoms. The molecule has 2 heterocycles. The maximum Gasteiger partial charge on any atom is 0.129 e. The number of hydrogen-bond acceptors (Lipinski definition) is 3. The summed E-state index contributed by atoms with van der Waals surface area (Å²) >= 11 is 0. The van der Waals surface area contributed by atoms with E-state index in [1.807, 2.05) is 19.1 Å². The number of aromatic nitrogens is 1. The molecule has 1 unspecified atom stereocenters. The minimum Gasteiger partial charge on any atom is -0.384 e. The average molecular weight is 260 g/mol. The highest BCUT2D eigenvalue weighted by atomic mass is 15.2. The summed E-state index contributed by atoms with van der Waals surface area (Å²) in [5.74, 6) is 1.11. The van der Waals surface area contributed by atoms with Gasteiger partial charge in [0, 0.05) is 23.8 Å². The Bertz CT molecular complexity index is 453. The molecule has 0 aliphatic carbocycles. The van der Waals surface area contributed by atoms with E-state index in [-0.39, 0.29) is 5.84 Å². The predicted octanol–water partition coefficient (Wildman–Crippen LogP) is 2.83. The van der Waals surface area contributed by atoms with E-state index in [2.05, 4.69) is 16.8 Å². The third-order valence-corrected chi connectivity index (χ3v) is 3.79. The molecule has 104 valence electrons. The Hall–Kier alpha value is -1.58. The predicted molar refractivity (Wildman–Crippen MR) is 79.9 cm³/mol. The lowest BCUT2D eigenvalue weighted by Gasteiger charge is -2.37. The van der Waals surface area contributed by atoms with Crippen LogP contribution in [0.25, 0.3) is 0 Å². The molecule has 2 rings (SSSR count). The summed E-state index contributed by atoms with van der Waals surface area (Å²) in [5.41, 5.74) is 7.33. The quantitative estimate of drug-likeness (QED) is 0.646. The van der Waals surface area contributed by atoms with E-state index in [4.69, 9.17) is 11.1 Å². The minimum atomic E-state index is 0.121. The molecule has 4 heteroatoms. The number of hydrogen-bond donors (Lipinski definition) is 2. The van der Waals surface area contributed by atoms with E-state index in [0.29, 0.717) is 6.04 Å². The molecule has 0 saturated carbocycles. The molecule has 1 saturated heterocycles. The molecule has 1 aliphatic heterocycles. The fraction of sp³-hybridized carbons (Fsp3) is 0.600. The van der Waals surface area contributed by atoms with E-state index < -0.39 is 0 Å². The molecule has 3 N–H and O–H groups in total. The van der Waals surface area contributed by atoms with Gasteiger partial charge in [-0.2, -0.15) is 0 Å². The molecule has 1 aromatic heterocycles. The maximum atomic E-state index is 7.61. The first-order chi connectivity index (χ1) is 9.11. The van der Waals surface area contributed by atoms with Crippen molar-refractivity contribution in [3.05, 3.63) is 23.4 Å². The van der Waals surface area contributed by atoms with Crippen molar-refractivity contribution in [2.75, 3.05) is 11.4 Å². The minimum absolute atomic E-state index is 0.121. The third kappa shape index (κ3) is 3.25. The highest BCUT2D eigenvalue weighted by Gasteiger charge is 2.23. The van der Waals surface area contributed by atoms with Crippen LogP contribution in [0.3, 0.4) is 0 Å². The van der Waals surface area contributed by atoms with Gasteiger partial charge in [0.15, 0.2) is 0 Å². The smallest absolute Gasteiger partial charge is 0.129 e. The number of amidine groups is 1. The van der Waals surface area contributed by atoms with Gasteiger partial charge in [0.05, 0.1) is 0 Å². The molecule has 1 fully saturated rings. The van der Waals surface area contributed by atoms with Crippen molar-refractivity contribution >= 4 is 11.7 Å². The van der Waals surface area contributed by atoms with Crippen molar-refractivity contribution in [3.63, 3.8) is 0 Å². The van der Waals surface area contributed by atoms with Crippen molar-refractivity contribution in [3.8, 4) is 0 Å². The van der Waals surface area contributed by atoms with Crippen LogP contribution in [0, 0.1) is 12.3 Å². The number of nitrogen functional groups attached to an aromatic ring is 1. The van der Waals surface area contributed by atoms with E-state index >= 15 is 0 Å². The first-order valence-electron chi connectivity index (χ1n) is 7.21. The Morgan fingerprint density at radius 2 is 2.26 bits per heavy atom. The molecular weight excluding hydrogens is 236 g/mol. The Morgan fingerprint density at radius 1 is 1.47 bits per heavy atom. The van der Waals surface area contributed by atoms with Crippen LogP contribution in [0.4, 0.5) is 5.82 Å². The van der Waals surface area contributed by atoms with Crippen molar-refractivity contribution < 1.29 is 0 Å². The van der Waals surface area contributed by atoms with Crippen LogP contribution in [-0.4, -0.2) is 23.4 Å². The second kappa shape index (κ2) is 6.04. The normalized spacial score (nSPS) is 19.5. The van der Waals surface area contributed by atoms with Gasteiger partial charge in [-0.05, 0) is 44.7 Å². The summed E-state index contributed by atoms with van der Waals surface area (Å²) < 4.78 is 0. The van der Waals surface area contributed by atoms with Gasteiger partial charge < -0.3 is 10.6 Å². The lowest BCUT2D eigenvalue weighted by Crippen LogP contribution is -2.40. The highest BCUT2D eigenvalue weighted by Crippen LogP contribution is 2.26.